The van der Waals surface area contributed by atoms with Crippen LogP contribution >= 0.6 is 0 Å². The maximum atomic E-state index is 12.1. The second kappa shape index (κ2) is 6.40. The monoisotopic (exact) mass is 273 g/mol. The molecule has 0 spiro atoms. The fourth-order valence-corrected chi connectivity index (χ4v) is 3.20. The highest BCUT2D eigenvalue weighted by Crippen LogP contribution is 2.26. The number of benzene rings is 1. The van der Waals surface area contributed by atoms with E-state index in [0.29, 0.717) is 18.1 Å². The molecule has 0 saturated carbocycles. The molecule has 0 radical (unpaired) electrons. The Hall–Kier alpha value is -1.35. The minimum Gasteiger partial charge on any atom is -0.493 e. The lowest BCUT2D eigenvalue weighted by Crippen LogP contribution is -2.31. The van der Waals surface area contributed by atoms with Gasteiger partial charge in [0.25, 0.3) is 0 Å². The summed E-state index contributed by atoms with van der Waals surface area (Å²) in [5.41, 5.74) is 2.57. The van der Waals surface area contributed by atoms with Gasteiger partial charge in [-0.1, -0.05) is 12.1 Å². The van der Waals surface area contributed by atoms with E-state index in [1.54, 1.807) is 0 Å². The number of rotatable bonds is 5. The smallest absolute Gasteiger partial charge is 0.133 e. The maximum Gasteiger partial charge on any atom is 0.133 e. The summed E-state index contributed by atoms with van der Waals surface area (Å²) >= 11 is 0. The first-order chi connectivity index (χ1) is 9.81. The van der Waals surface area contributed by atoms with Crippen molar-refractivity contribution >= 4 is 5.78 Å². The van der Waals surface area contributed by atoms with Crippen LogP contribution in [0.15, 0.2) is 18.2 Å². The van der Waals surface area contributed by atoms with E-state index in [1.165, 1.54) is 24.0 Å². The molecule has 20 heavy (non-hydrogen) atoms. The van der Waals surface area contributed by atoms with Crippen molar-refractivity contribution < 1.29 is 9.53 Å². The Morgan fingerprint density at radius 3 is 3.20 bits per heavy atom. The van der Waals surface area contributed by atoms with Gasteiger partial charge in [0.2, 0.25) is 0 Å². The summed E-state index contributed by atoms with van der Waals surface area (Å²) in [6.45, 7) is 2.93. The topological polar surface area (TPSA) is 38.3 Å². The first-order valence-corrected chi connectivity index (χ1v) is 7.78. The molecule has 1 N–H and O–H groups in total. The van der Waals surface area contributed by atoms with E-state index >= 15 is 0 Å². The Labute approximate surface area is 120 Å². The van der Waals surface area contributed by atoms with E-state index in [0.717, 1.165) is 44.7 Å². The van der Waals surface area contributed by atoms with Gasteiger partial charge < -0.3 is 10.1 Å². The van der Waals surface area contributed by atoms with Crippen molar-refractivity contribution in [1.29, 1.82) is 0 Å². The van der Waals surface area contributed by atoms with Crippen LogP contribution in [0.4, 0.5) is 0 Å². The van der Waals surface area contributed by atoms with Gasteiger partial charge in [-0.25, -0.2) is 0 Å². The SMILES string of the molecule is O=C(CCc1ccc2c(c1)CCO2)CC1CCCNC1. The van der Waals surface area contributed by atoms with Crippen molar-refractivity contribution in [3.63, 3.8) is 0 Å². The molecule has 0 aliphatic carbocycles. The van der Waals surface area contributed by atoms with E-state index in [2.05, 4.69) is 17.4 Å². The molecule has 2 heterocycles. The average Bonchev–Trinajstić information content (AvgIpc) is 2.93. The van der Waals surface area contributed by atoms with Gasteiger partial charge in [0, 0.05) is 19.3 Å². The van der Waals surface area contributed by atoms with E-state index in [1.807, 2.05) is 6.07 Å². The normalized spacial score (nSPS) is 21.3. The summed E-state index contributed by atoms with van der Waals surface area (Å²) in [6, 6.07) is 6.35. The highest BCUT2D eigenvalue weighted by molar-refractivity contribution is 5.78. The molecule has 108 valence electrons. The first-order valence-electron chi connectivity index (χ1n) is 7.78. The quantitative estimate of drug-likeness (QED) is 0.896. The maximum absolute atomic E-state index is 12.1. The van der Waals surface area contributed by atoms with Crippen molar-refractivity contribution in [2.45, 2.75) is 38.5 Å². The third-order valence-electron chi connectivity index (χ3n) is 4.36. The molecule has 1 aromatic carbocycles. The number of piperidine rings is 1. The van der Waals surface area contributed by atoms with Gasteiger partial charge in [-0.3, -0.25) is 4.79 Å². The number of ether oxygens (including phenoxy) is 1. The van der Waals surface area contributed by atoms with Crippen LogP contribution in [0.1, 0.15) is 36.8 Å². The fraction of sp³-hybridized carbons (Fsp3) is 0.588. The Balaban J connectivity index is 1.47. The lowest BCUT2D eigenvalue weighted by atomic mass is 9.92. The minimum absolute atomic E-state index is 0.412. The Kier molecular flexibility index (Phi) is 4.36. The number of Topliss-reactive ketones (excluding diaryl/α,β-unsaturated/α-hetero) is 1. The molecule has 3 heteroatoms. The van der Waals surface area contributed by atoms with Gasteiger partial charge in [0.1, 0.15) is 11.5 Å². The number of ketones is 1. The van der Waals surface area contributed by atoms with E-state index in [9.17, 15) is 4.79 Å². The van der Waals surface area contributed by atoms with Crippen LogP contribution < -0.4 is 10.1 Å². The van der Waals surface area contributed by atoms with Gasteiger partial charge in [-0.05, 0) is 55.5 Å². The fourth-order valence-electron chi connectivity index (χ4n) is 3.20. The molecule has 1 atom stereocenters. The summed E-state index contributed by atoms with van der Waals surface area (Å²) < 4.78 is 5.51. The second-order valence-corrected chi connectivity index (χ2v) is 6.00. The van der Waals surface area contributed by atoms with Crippen LogP contribution in [0.3, 0.4) is 0 Å². The largest absolute Gasteiger partial charge is 0.493 e. The predicted molar refractivity (Wildman–Crippen MR) is 79.2 cm³/mol. The third kappa shape index (κ3) is 3.40. The van der Waals surface area contributed by atoms with Gasteiger partial charge in [0.15, 0.2) is 0 Å². The molecular weight excluding hydrogens is 250 g/mol. The van der Waals surface area contributed by atoms with Crippen LogP contribution in [-0.4, -0.2) is 25.5 Å². The van der Waals surface area contributed by atoms with Crippen molar-refractivity contribution in [3.05, 3.63) is 29.3 Å². The van der Waals surface area contributed by atoms with Crippen LogP contribution in [0.25, 0.3) is 0 Å². The molecule has 1 unspecified atom stereocenters. The van der Waals surface area contributed by atoms with Gasteiger partial charge >= 0.3 is 0 Å². The zero-order valence-electron chi connectivity index (χ0n) is 12.0. The molecule has 2 aliphatic heterocycles. The summed E-state index contributed by atoms with van der Waals surface area (Å²) in [6.07, 6.45) is 5.71. The minimum atomic E-state index is 0.412. The Morgan fingerprint density at radius 2 is 2.35 bits per heavy atom. The number of carbonyl (C=O) groups is 1. The lowest BCUT2D eigenvalue weighted by Gasteiger charge is -2.21. The molecule has 1 saturated heterocycles. The van der Waals surface area contributed by atoms with E-state index in [-0.39, 0.29) is 0 Å². The molecular formula is C17H23NO2. The number of hydrogen-bond acceptors (Lipinski definition) is 3. The zero-order valence-corrected chi connectivity index (χ0v) is 12.0. The van der Waals surface area contributed by atoms with Crippen molar-refractivity contribution in [2.24, 2.45) is 5.92 Å². The summed E-state index contributed by atoms with van der Waals surface area (Å²) in [4.78, 5) is 12.1. The van der Waals surface area contributed by atoms with E-state index in [4.69, 9.17) is 4.74 Å². The van der Waals surface area contributed by atoms with E-state index < -0.39 is 0 Å². The van der Waals surface area contributed by atoms with Gasteiger partial charge in [-0.15, -0.1) is 0 Å². The standard InChI is InChI=1S/C17H23NO2/c19-16(11-14-2-1-8-18-12-14)5-3-13-4-6-17-15(10-13)7-9-20-17/h4,6,10,14,18H,1-3,5,7-9,11-12H2. The van der Waals surface area contributed by atoms with Crippen LogP contribution in [0, 0.1) is 5.92 Å². The third-order valence-corrected chi connectivity index (χ3v) is 4.36. The number of fused-ring (bicyclic) bond motifs is 1. The summed E-state index contributed by atoms with van der Waals surface area (Å²) in [5.74, 6) is 1.99. The molecule has 0 aromatic heterocycles. The van der Waals surface area contributed by atoms with Crippen LogP contribution in [-0.2, 0) is 17.6 Å². The predicted octanol–water partition coefficient (Wildman–Crippen LogP) is 2.51. The molecule has 3 rings (SSSR count). The van der Waals surface area contributed by atoms with Gasteiger partial charge in [0.05, 0.1) is 6.61 Å². The summed E-state index contributed by atoms with van der Waals surface area (Å²) in [5, 5.41) is 3.38. The second-order valence-electron chi connectivity index (χ2n) is 6.00. The highest BCUT2D eigenvalue weighted by atomic mass is 16.5. The van der Waals surface area contributed by atoms with Crippen molar-refractivity contribution in [2.75, 3.05) is 19.7 Å². The zero-order chi connectivity index (χ0) is 13.8. The van der Waals surface area contributed by atoms with Crippen LogP contribution in [0.2, 0.25) is 0 Å². The van der Waals surface area contributed by atoms with Crippen molar-refractivity contribution in [1.82, 2.24) is 5.32 Å². The van der Waals surface area contributed by atoms with Gasteiger partial charge in [-0.2, -0.15) is 0 Å². The number of carbonyl (C=O) groups excluding carboxylic acids is 1. The first kappa shape index (κ1) is 13.6. The summed E-state index contributed by atoms with van der Waals surface area (Å²) in [7, 11) is 0. The molecule has 1 aromatic rings. The Bertz CT molecular complexity index is 478. The molecule has 0 bridgehead atoms. The highest BCUT2D eigenvalue weighted by Gasteiger charge is 2.17. The molecule has 0 amide bonds. The lowest BCUT2D eigenvalue weighted by molar-refractivity contribution is -0.120. The molecule has 1 fully saturated rings. The van der Waals surface area contributed by atoms with Crippen molar-refractivity contribution in [3.8, 4) is 5.75 Å². The number of nitrogens with one attached hydrogen (secondary N) is 1. The Morgan fingerprint density at radius 1 is 1.40 bits per heavy atom. The number of hydrogen-bond donors (Lipinski definition) is 1. The molecule has 2 aliphatic rings. The number of aryl methyl sites for hydroxylation is 1. The average molecular weight is 273 g/mol. The molecule has 3 nitrogen and oxygen atoms in total. The van der Waals surface area contributed by atoms with Crippen LogP contribution in [0.5, 0.6) is 5.75 Å².